The molecule has 0 aromatic carbocycles. The Hall–Kier alpha value is -4.25. The Morgan fingerprint density at radius 3 is 1.87 bits per heavy atom. The molecule has 1 unspecified atom stereocenters. The molecule has 0 saturated carbocycles. The van der Waals surface area contributed by atoms with Gasteiger partial charge in [-0.2, -0.15) is 0 Å². The maximum Gasteiger partial charge on any atom is 0.475 e. The second-order valence-electron chi connectivity index (χ2n) is 11.7. The van der Waals surface area contributed by atoms with Gasteiger partial charge in [0.15, 0.2) is 30.7 Å². The van der Waals surface area contributed by atoms with Gasteiger partial charge >= 0.3 is 49.6 Å². The summed E-state index contributed by atoms with van der Waals surface area (Å²) < 4.78 is 77.0. The van der Waals surface area contributed by atoms with Crippen LogP contribution in [0.2, 0.25) is 0 Å². The summed E-state index contributed by atoms with van der Waals surface area (Å²) in [5.74, 6) is -11.1. The smallest absolute Gasteiger partial charge is 0.465 e. The predicted molar refractivity (Wildman–Crippen MR) is 169 cm³/mol. The molecule has 0 aromatic rings. The van der Waals surface area contributed by atoms with Crippen LogP contribution < -0.4 is 5.32 Å². The number of rotatable bonds is 17. The quantitative estimate of drug-likeness (QED) is 0.0999. The van der Waals surface area contributed by atoms with Gasteiger partial charge in [0, 0.05) is 55.6 Å². The average Bonchev–Trinajstić information content (AvgIpc) is 3.35. The molecular formula is C30H44NO22P. The SMILES string of the molecule is COC(=O)[C@]1(OP(=O)(O)OC[C@H]2O[C@@H](OC)[C@H](OC(C)=O)[C@@H]2OC(C)=O)C[C@H](OC(C)=O)[C@@H](NC(C)=O)[C@H]([C@H](OC(C)=O)[C@@H](COC(C)=O)OC(C)=O)O1. The van der Waals surface area contributed by atoms with Crippen LogP contribution in [0.25, 0.3) is 0 Å². The van der Waals surface area contributed by atoms with Crippen LogP contribution >= 0.6 is 7.82 Å². The van der Waals surface area contributed by atoms with Crippen molar-refractivity contribution in [2.24, 2.45) is 0 Å². The number of carbonyl (C=O) groups is 8. The lowest BCUT2D eigenvalue weighted by atomic mass is 9.88. The molecular weight excluding hydrogens is 757 g/mol. The topological polar surface area (TPSA) is 297 Å². The molecule has 0 bridgehead atoms. The predicted octanol–water partition coefficient (Wildman–Crippen LogP) is -1.12. The molecule has 2 aliphatic rings. The van der Waals surface area contributed by atoms with Crippen LogP contribution in [-0.2, 0) is 99.3 Å². The van der Waals surface area contributed by atoms with Crippen LogP contribution in [0.5, 0.6) is 0 Å². The molecule has 23 nitrogen and oxygen atoms in total. The van der Waals surface area contributed by atoms with Gasteiger partial charge in [0.05, 0.1) is 26.2 Å². The Morgan fingerprint density at radius 1 is 0.815 bits per heavy atom. The van der Waals surface area contributed by atoms with Crippen molar-refractivity contribution in [3.63, 3.8) is 0 Å². The molecule has 2 heterocycles. The van der Waals surface area contributed by atoms with Crippen LogP contribution in [0.1, 0.15) is 54.9 Å². The molecule has 11 atom stereocenters. The Balaban J connectivity index is 2.68. The minimum absolute atomic E-state index is 0.792. The zero-order valence-corrected chi connectivity index (χ0v) is 31.7. The fraction of sp³-hybridized carbons (Fsp3) is 0.733. The van der Waals surface area contributed by atoms with E-state index in [-0.39, 0.29) is 0 Å². The van der Waals surface area contributed by atoms with Gasteiger partial charge in [0.1, 0.15) is 24.9 Å². The standard InChI is InChI=1S/C30H44NO22P/c1-13(32)31-23-20(46-15(3)34)10-30(29(39)43-9,52-26(23)24(48-17(5)36)21(47-16(4)35)11-44-14(2)33)53-54(40,41)45-12-22-25(49-18(6)37)27(50-19(7)38)28(42-8)51-22/h20-28H,10-12H2,1-9H3,(H,31,32)(H,40,41)/t20-,21+,22+,23+,24+,25+,26+,27+,28+,30+/m0/s1. The monoisotopic (exact) mass is 801 g/mol. The maximum atomic E-state index is 13.7. The number of methoxy groups -OCH3 is 2. The number of amides is 1. The van der Waals surface area contributed by atoms with Gasteiger partial charge in [0.25, 0.3) is 5.79 Å². The first-order valence-corrected chi connectivity index (χ1v) is 17.4. The number of hydrogen-bond acceptors (Lipinski definition) is 21. The molecule has 54 heavy (non-hydrogen) atoms. The zero-order chi connectivity index (χ0) is 41.1. The summed E-state index contributed by atoms with van der Waals surface area (Å²) in [4.78, 5) is 109. The summed E-state index contributed by atoms with van der Waals surface area (Å²) in [6, 6.07) is -1.60. The number of nitrogens with one attached hydrogen (secondary N) is 1. The van der Waals surface area contributed by atoms with E-state index in [4.69, 9.17) is 56.4 Å². The molecule has 2 rings (SSSR count). The molecule has 0 aromatic heterocycles. The summed E-state index contributed by atoms with van der Waals surface area (Å²) in [6.45, 7) is 5.17. The van der Waals surface area contributed by atoms with Crippen LogP contribution in [0.3, 0.4) is 0 Å². The molecule has 0 radical (unpaired) electrons. The van der Waals surface area contributed by atoms with Gasteiger partial charge in [-0.3, -0.25) is 38.1 Å². The normalized spacial score (nSPS) is 28.5. The van der Waals surface area contributed by atoms with E-state index in [1.54, 1.807) is 0 Å². The van der Waals surface area contributed by atoms with Crippen LogP contribution in [-0.4, -0.2) is 141 Å². The van der Waals surface area contributed by atoms with Crippen molar-refractivity contribution in [2.75, 3.05) is 27.4 Å². The minimum atomic E-state index is -5.63. The Bertz CT molecular complexity index is 1470. The molecule has 2 aliphatic heterocycles. The third-order valence-electron chi connectivity index (χ3n) is 7.26. The summed E-state index contributed by atoms with van der Waals surface area (Å²) in [5.41, 5.74) is 0. The largest absolute Gasteiger partial charge is 0.475 e. The maximum absolute atomic E-state index is 13.7. The number of esters is 7. The van der Waals surface area contributed by atoms with Crippen LogP contribution in [0.15, 0.2) is 0 Å². The molecule has 24 heteroatoms. The number of carbonyl (C=O) groups excluding carboxylic acids is 8. The van der Waals surface area contributed by atoms with Gasteiger partial charge in [-0.05, 0) is 0 Å². The summed E-state index contributed by atoms with van der Waals surface area (Å²) in [5, 5.41) is 2.42. The van der Waals surface area contributed by atoms with Crippen molar-refractivity contribution in [1.82, 2.24) is 5.32 Å². The highest BCUT2D eigenvalue weighted by Gasteiger charge is 2.62. The molecule has 1 amide bonds. The van der Waals surface area contributed by atoms with Crippen molar-refractivity contribution >= 4 is 55.5 Å². The van der Waals surface area contributed by atoms with Crippen molar-refractivity contribution in [3.05, 3.63) is 0 Å². The first-order valence-electron chi connectivity index (χ1n) is 15.9. The molecule has 306 valence electrons. The van der Waals surface area contributed by atoms with Crippen molar-refractivity contribution in [1.29, 1.82) is 0 Å². The van der Waals surface area contributed by atoms with E-state index >= 15 is 0 Å². The first-order chi connectivity index (χ1) is 25.0. The van der Waals surface area contributed by atoms with Gasteiger partial charge in [-0.15, -0.1) is 0 Å². The van der Waals surface area contributed by atoms with Gasteiger partial charge in [-0.25, -0.2) is 13.9 Å². The first kappa shape index (κ1) is 45.9. The Morgan fingerprint density at radius 2 is 1.39 bits per heavy atom. The van der Waals surface area contributed by atoms with E-state index < -0.39 is 136 Å². The second kappa shape index (κ2) is 19.9. The lowest BCUT2D eigenvalue weighted by Gasteiger charge is -2.48. The highest BCUT2D eigenvalue weighted by Crippen LogP contribution is 2.52. The number of ether oxygens (including phenoxy) is 10. The van der Waals surface area contributed by atoms with Crippen molar-refractivity contribution in [2.45, 2.75) is 116 Å². The van der Waals surface area contributed by atoms with Gasteiger partial charge < -0.3 is 57.6 Å². The molecule has 2 fully saturated rings. The van der Waals surface area contributed by atoms with E-state index in [1.807, 2.05) is 0 Å². The lowest BCUT2D eigenvalue weighted by Crippen LogP contribution is -2.69. The highest BCUT2D eigenvalue weighted by atomic mass is 31.2. The summed E-state index contributed by atoms with van der Waals surface area (Å²) in [6.07, 6.45) is -14.1. The van der Waals surface area contributed by atoms with Crippen LogP contribution in [0, 0.1) is 0 Å². The molecule has 2 saturated heterocycles. The van der Waals surface area contributed by atoms with Gasteiger partial charge in [-0.1, -0.05) is 0 Å². The molecule has 0 aliphatic carbocycles. The van der Waals surface area contributed by atoms with Crippen LogP contribution in [0.4, 0.5) is 0 Å². The third-order valence-corrected chi connectivity index (χ3v) is 8.26. The van der Waals surface area contributed by atoms with Crippen molar-refractivity contribution in [3.8, 4) is 0 Å². The fourth-order valence-corrected chi connectivity index (χ4v) is 6.49. The Kier molecular flexibility index (Phi) is 16.9. The van der Waals surface area contributed by atoms with E-state index in [0.29, 0.717) is 0 Å². The Labute approximate surface area is 308 Å². The van der Waals surface area contributed by atoms with Gasteiger partial charge in [0.2, 0.25) is 5.91 Å². The number of hydrogen-bond donors (Lipinski definition) is 2. The van der Waals surface area contributed by atoms with Crippen molar-refractivity contribution < 1.29 is 104 Å². The third kappa shape index (κ3) is 13.2. The lowest BCUT2D eigenvalue weighted by molar-refractivity contribution is -0.293. The second-order valence-corrected chi connectivity index (χ2v) is 13.1. The fourth-order valence-electron chi connectivity index (χ4n) is 5.54. The number of phosphoric acid groups is 1. The number of phosphoric ester groups is 1. The van der Waals surface area contributed by atoms with E-state index in [0.717, 1.165) is 55.6 Å². The average molecular weight is 802 g/mol. The molecule has 2 N–H and O–H groups in total. The van der Waals surface area contributed by atoms with E-state index in [9.17, 15) is 47.8 Å². The molecule has 0 spiro atoms. The zero-order valence-electron chi connectivity index (χ0n) is 30.8. The summed E-state index contributed by atoms with van der Waals surface area (Å²) >= 11 is 0. The van der Waals surface area contributed by atoms with E-state index in [1.165, 1.54) is 7.11 Å². The minimum Gasteiger partial charge on any atom is -0.465 e. The van der Waals surface area contributed by atoms with E-state index in [2.05, 4.69) is 5.32 Å². The summed E-state index contributed by atoms with van der Waals surface area (Å²) in [7, 11) is -3.65. The highest BCUT2D eigenvalue weighted by molar-refractivity contribution is 7.47.